The van der Waals surface area contributed by atoms with Crippen LogP contribution >= 0.6 is 39.7 Å². The maximum atomic E-state index is 11.4. The van der Waals surface area contributed by atoms with Crippen molar-refractivity contribution in [2.75, 3.05) is 39.6 Å². The Bertz CT molecular complexity index is 365. The predicted octanol–water partition coefficient (Wildman–Crippen LogP) is 4.07. The minimum Gasteiger partial charge on any atom is -0.410 e. The Morgan fingerprint density at radius 2 is 1.33 bits per heavy atom. The Morgan fingerprint density at radius 1 is 0.875 bits per heavy atom. The van der Waals surface area contributed by atoms with Gasteiger partial charge in [0.2, 0.25) is 0 Å². The molecule has 1 unspecified atom stereocenters. The number of aliphatic hydroxyl groups is 1. The largest absolute Gasteiger partial charge is 0.526 e. The number of ether oxygens (including phenoxy) is 2. The summed E-state index contributed by atoms with van der Waals surface area (Å²) in [5.74, 6) is 0. The van der Waals surface area contributed by atoms with Gasteiger partial charge in [-0.3, -0.25) is 9.42 Å². The van der Waals surface area contributed by atoms with Crippen molar-refractivity contribution in [3.63, 3.8) is 0 Å². The Kier molecular flexibility index (Phi) is 17.3. The molecule has 0 fully saturated rings. The second kappa shape index (κ2) is 17.0. The van der Waals surface area contributed by atoms with E-state index in [1.54, 1.807) is 0 Å². The van der Waals surface area contributed by atoms with Crippen LogP contribution in [0, 0.1) is 0 Å². The summed E-state index contributed by atoms with van der Waals surface area (Å²) in [5.41, 5.74) is 0. The van der Waals surface area contributed by atoms with E-state index in [1.165, 1.54) is 0 Å². The number of phosphoric ester groups is 1. The van der Waals surface area contributed by atoms with Crippen LogP contribution in [0.5, 0.6) is 0 Å². The molecule has 0 heterocycles. The Labute approximate surface area is 160 Å². The van der Waals surface area contributed by atoms with Crippen LogP contribution in [0.3, 0.4) is 0 Å². The van der Waals surface area contributed by atoms with Crippen molar-refractivity contribution < 1.29 is 33.1 Å². The number of aliphatic hydroxyl groups excluding tert-OH is 1. The zero-order valence-corrected chi connectivity index (χ0v) is 17.8. The Morgan fingerprint density at radius 3 is 1.79 bits per heavy atom. The molecule has 0 rings (SSSR count). The fourth-order valence-electron chi connectivity index (χ4n) is 1.55. The van der Waals surface area contributed by atoms with Gasteiger partial charge in [-0.05, 0) is 70.4 Å². The number of hydrogen-bond donors (Lipinski definition) is 2. The minimum atomic E-state index is -4.04. The zero-order valence-electron chi connectivity index (χ0n) is 13.7. The van der Waals surface area contributed by atoms with E-state index in [0.29, 0.717) is 36.2 Å². The highest BCUT2D eigenvalue weighted by atomic mass is 79.9. The summed E-state index contributed by atoms with van der Waals surface area (Å²) in [4.78, 5) is 9.32. The van der Waals surface area contributed by atoms with Crippen molar-refractivity contribution in [3.8, 4) is 0 Å². The molecule has 0 bridgehead atoms. The summed E-state index contributed by atoms with van der Waals surface area (Å²) < 4.78 is 32.1. The van der Waals surface area contributed by atoms with Crippen molar-refractivity contribution in [2.45, 2.75) is 38.5 Å². The molecule has 1 atom stereocenters. The van der Waals surface area contributed by atoms with Gasteiger partial charge in [0.05, 0.1) is 10.00 Å². The fourth-order valence-corrected chi connectivity index (χ4v) is 2.69. The van der Waals surface area contributed by atoms with Gasteiger partial charge < -0.3 is 19.1 Å². The van der Waals surface area contributed by atoms with Crippen LogP contribution in [-0.2, 0) is 23.1 Å². The first-order chi connectivity index (χ1) is 11.5. The van der Waals surface area contributed by atoms with Crippen LogP contribution in [0.1, 0.15) is 38.5 Å². The van der Waals surface area contributed by atoms with Crippen molar-refractivity contribution in [1.29, 1.82) is 0 Å². The first-order valence-electron chi connectivity index (χ1n) is 7.91. The van der Waals surface area contributed by atoms with E-state index in [1.807, 2.05) is 0 Å². The minimum absolute atomic E-state index is 0.132. The van der Waals surface area contributed by atoms with E-state index < -0.39 is 7.82 Å². The highest BCUT2D eigenvalue weighted by Crippen LogP contribution is 2.44. The van der Waals surface area contributed by atoms with Gasteiger partial charge in [0, 0.05) is 33.0 Å². The second-order valence-corrected chi connectivity index (χ2v) is 9.06. The average molecular weight is 498 g/mol. The summed E-state index contributed by atoms with van der Waals surface area (Å²) in [6.07, 6.45) is 5.98. The van der Waals surface area contributed by atoms with Crippen molar-refractivity contribution in [3.05, 3.63) is 9.65 Å². The smallest absolute Gasteiger partial charge is 0.410 e. The lowest BCUT2D eigenvalue weighted by Crippen LogP contribution is -2.02. The first-order valence-corrected chi connectivity index (χ1v) is 11.0. The molecule has 0 radical (unpaired) electrons. The van der Waals surface area contributed by atoms with Crippen LogP contribution < -0.4 is 0 Å². The zero-order chi connectivity index (χ0) is 18.1. The maximum Gasteiger partial charge on any atom is 0.526 e. The molecule has 0 saturated heterocycles. The summed E-state index contributed by atoms with van der Waals surface area (Å²) >= 11 is 6.01. The lowest BCUT2D eigenvalue weighted by atomic mass is 10.3. The molecule has 0 aromatic rings. The summed E-state index contributed by atoms with van der Waals surface area (Å²) in [6, 6.07) is 0. The SMILES string of the molecule is O=P(O)(OC=C(Br)Br)OCCCCOCCCCOCCCCO. The quantitative estimate of drug-likeness (QED) is 0.177. The van der Waals surface area contributed by atoms with Gasteiger partial charge in [-0.2, -0.15) is 0 Å². The molecule has 0 aromatic carbocycles. The number of rotatable bonds is 17. The molecular weight excluding hydrogens is 471 g/mol. The number of halogens is 2. The van der Waals surface area contributed by atoms with Gasteiger partial charge in [-0.25, -0.2) is 4.57 Å². The van der Waals surface area contributed by atoms with Crippen molar-refractivity contribution in [1.82, 2.24) is 0 Å². The van der Waals surface area contributed by atoms with E-state index in [9.17, 15) is 9.46 Å². The van der Waals surface area contributed by atoms with Gasteiger partial charge in [0.1, 0.15) is 6.26 Å². The second-order valence-electron chi connectivity index (χ2n) is 4.88. The van der Waals surface area contributed by atoms with Crippen molar-refractivity contribution >= 4 is 39.7 Å². The lowest BCUT2D eigenvalue weighted by molar-refractivity contribution is 0.0954. The van der Waals surface area contributed by atoms with Crippen LogP contribution in [0.15, 0.2) is 9.65 Å². The normalized spacial score (nSPS) is 13.5. The van der Waals surface area contributed by atoms with E-state index in [2.05, 4.69) is 36.4 Å². The monoisotopic (exact) mass is 496 g/mol. The topological polar surface area (TPSA) is 94.5 Å². The molecule has 0 aliphatic heterocycles. The van der Waals surface area contributed by atoms with Crippen LogP contribution in [0.2, 0.25) is 0 Å². The van der Waals surface area contributed by atoms with Gasteiger partial charge in [-0.15, -0.1) is 0 Å². The third-order valence-electron chi connectivity index (χ3n) is 2.74. The van der Waals surface area contributed by atoms with E-state index in [4.69, 9.17) is 19.1 Å². The van der Waals surface area contributed by atoms with Gasteiger partial charge in [-0.1, -0.05) is 0 Å². The molecule has 0 aromatic heterocycles. The molecular formula is C14H27Br2O7P. The molecule has 10 heteroatoms. The lowest BCUT2D eigenvalue weighted by Gasteiger charge is -2.10. The van der Waals surface area contributed by atoms with E-state index in [-0.39, 0.29) is 13.2 Å². The van der Waals surface area contributed by atoms with Gasteiger partial charge in [0.15, 0.2) is 0 Å². The Hall–Kier alpha value is 0.530. The molecule has 7 nitrogen and oxygen atoms in total. The molecule has 144 valence electrons. The number of phosphoric acid groups is 1. The molecule has 0 aliphatic rings. The summed E-state index contributed by atoms with van der Waals surface area (Å²) in [7, 11) is -4.04. The van der Waals surface area contributed by atoms with Crippen molar-refractivity contribution in [2.24, 2.45) is 0 Å². The molecule has 0 saturated carbocycles. The highest BCUT2D eigenvalue weighted by Gasteiger charge is 2.20. The van der Waals surface area contributed by atoms with Crippen LogP contribution in [0.25, 0.3) is 0 Å². The summed E-state index contributed by atoms with van der Waals surface area (Å²) in [5, 5.41) is 8.61. The molecule has 2 N–H and O–H groups in total. The molecule has 24 heavy (non-hydrogen) atoms. The standard InChI is InChI=1S/C14H27Br2O7P/c15-14(16)13-23-24(18,19)22-12-6-5-11-21-10-4-3-9-20-8-2-1-7-17/h13,17H,1-12H2,(H,18,19). The van der Waals surface area contributed by atoms with Gasteiger partial charge >= 0.3 is 7.82 Å². The number of hydrogen-bond acceptors (Lipinski definition) is 6. The third-order valence-corrected chi connectivity index (χ3v) is 3.99. The maximum absolute atomic E-state index is 11.4. The molecule has 0 aliphatic carbocycles. The molecule has 0 amide bonds. The molecule has 0 spiro atoms. The Balaban J connectivity index is 3.28. The summed E-state index contributed by atoms with van der Waals surface area (Å²) in [6.45, 7) is 3.02. The highest BCUT2D eigenvalue weighted by molar-refractivity contribution is 9.28. The fraction of sp³-hybridized carbons (Fsp3) is 0.857. The average Bonchev–Trinajstić information content (AvgIpc) is 2.53. The van der Waals surface area contributed by atoms with E-state index >= 15 is 0 Å². The predicted molar refractivity (Wildman–Crippen MR) is 99.2 cm³/mol. The third kappa shape index (κ3) is 18.9. The van der Waals surface area contributed by atoms with Gasteiger partial charge in [0.25, 0.3) is 0 Å². The van der Waals surface area contributed by atoms with Crippen LogP contribution in [0.4, 0.5) is 0 Å². The first kappa shape index (κ1) is 24.5. The van der Waals surface area contributed by atoms with Crippen LogP contribution in [-0.4, -0.2) is 49.6 Å². The number of unbranched alkanes of at least 4 members (excludes halogenated alkanes) is 3. The van der Waals surface area contributed by atoms with E-state index in [0.717, 1.165) is 38.4 Å².